The Morgan fingerprint density at radius 2 is 1.58 bits per heavy atom. The van der Waals surface area contributed by atoms with Crippen molar-refractivity contribution in [1.82, 2.24) is 10.2 Å². The number of rotatable bonds is 7. The maximum absolute atomic E-state index is 13.0. The first kappa shape index (κ1) is 22.4. The molecule has 2 aromatic rings. The van der Waals surface area contributed by atoms with Gasteiger partial charge in [0, 0.05) is 24.7 Å². The van der Waals surface area contributed by atoms with Crippen molar-refractivity contribution in [3.8, 4) is 17.2 Å². The lowest BCUT2D eigenvalue weighted by molar-refractivity contribution is -0.121. The van der Waals surface area contributed by atoms with Gasteiger partial charge in [0.2, 0.25) is 11.7 Å². The predicted molar refractivity (Wildman–Crippen MR) is 113 cm³/mol. The Balaban J connectivity index is 1.57. The molecule has 0 unspecified atom stereocenters. The van der Waals surface area contributed by atoms with E-state index >= 15 is 0 Å². The van der Waals surface area contributed by atoms with E-state index in [4.69, 9.17) is 14.2 Å². The van der Waals surface area contributed by atoms with Crippen LogP contribution in [0.4, 0.5) is 4.39 Å². The fourth-order valence-corrected chi connectivity index (χ4v) is 3.68. The maximum atomic E-state index is 13.0. The van der Waals surface area contributed by atoms with Crippen molar-refractivity contribution in [2.45, 2.75) is 25.3 Å². The molecule has 1 heterocycles. The van der Waals surface area contributed by atoms with Crippen LogP contribution >= 0.6 is 0 Å². The number of piperidine rings is 1. The summed E-state index contributed by atoms with van der Waals surface area (Å²) >= 11 is 0. The number of nitrogens with zero attached hydrogens (tertiary/aromatic N) is 1. The van der Waals surface area contributed by atoms with Gasteiger partial charge in [0.25, 0.3) is 5.91 Å². The Bertz CT molecular complexity index is 899. The van der Waals surface area contributed by atoms with Gasteiger partial charge in [0.05, 0.1) is 27.8 Å². The van der Waals surface area contributed by atoms with Crippen LogP contribution < -0.4 is 19.5 Å². The number of ether oxygens (including phenoxy) is 3. The molecule has 1 aliphatic heterocycles. The highest BCUT2D eigenvalue weighted by atomic mass is 19.1. The lowest BCUT2D eigenvalue weighted by Gasteiger charge is -2.32. The van der Waals surface area contributed by atoms with Gasteiger partial charge in [-0.2, -0.15) is 0 Å². The Morgan fingerprint density at radius 1 is 1.00 bits per heavy atom. The number of halogens is 1. The lowest BCUT2D eigenvalue weighted by atomic mass is 10.0. The van der Waals surface area contributed by atoms with Gasteiger partial charge >= 0.3 is 0 Å². The average Bonchev–Trinajstić information content (AvgIpc) is 2.79. The number of amides is 2. The summed E-state index contributed by atoms with van der Waals surface area (Å²) in [6.45, 7) is 1.05. The Labute approximate surface area is 181 Å². The van der Waals surface area contributed by atoms with Crippen molar-refractivity contribution in [2.75, 3.05) is 34.4 Å². The molecule has 0 aromatic heterocycles. The van der Waals surface area contributed by atoms with Crippen LogP contribution in [-0.4, -0.2) is 57.2 Å². The van der Waals surface area contributed by atoms with E-state index in [2.05, 4.69) is 5.32 Å². The van der Waals surface area contributed by atoms with Gasteiger partial charge in [-0.1, -0.05) is 12.1 Å². The van der Waals surface area contributed by atoms with Gasteiger partial charge in [-0.3, -0.25) is 9.59 Å². The van der Waals surface area contributed by atoms with Gasteiger partial charge < -0.3 is 24.4 Å². The monoisotopic (exact) mass is 430 g/mol. The molecule has 0 radical (unpaired) electrons. The van der Waals surface area contributed by atoms with Crippen molar-refractivity contribution < 1.29 is 28.2 Å². The van der Waals surface area contributed by atoms with Crippen molar-refractivity contribution in [3.05, 3.63) is 53.3 Å². The maximum Gasteiger partial charge on any atom is 0.254 e. The minimum absolute atomic E-state index is 0.00284. The smallest absolute Gasteiger partial charge is 0.254 e. The van der Waals surface area contributed by atoms with Crippen LogP contribution in [0.2, 0.25) is 0 Å². The minimum atomic E-state index is -0.326. The molecule has 0 spiro atoms. The normalized spacial score (nSPS) is 14.1. The summed E-state index contributed by atoms with van der Waals surface area (Å²) in [6.07, 6.45) is 1.52. The van der Waals surface area contributed by atoms with Crippen LogP contribution in [0.25, 0.3) is 0 Å². The largest absolute Gasteiger partial charge is 0.493 e. The molecular formula is C23H27FN2O5. The first-order valence-electron chi connectivity index (χ1n) is 10.1. The van der Waals surface area contributed by atoms with Crippen LogP contribution in [0.15, 0.2) is 36.4 Å². The summed E-state index contributed by atoms with van der Waals surface area (Å²) in [5, 5.41) is 3.01. The van der Waals surface area contributed by atoms with E-state index in [1.165, 1.54) is 33.5 Å². The molecule has 1 fully saturated rings. The Morgan fingerprint density at radius 3 is 2.10 bits per heavy atom. The molecule has 166 valence electrons. The predicted octanol–water partition coefficient (Wildman–Crippen LogP) is 2.82. The fourth-order valence-electron chi connectivity index (χ4n) is 3.68. The first-order valence-corrected chi connectivity index (χ1v) is 10.1. The number of likely N-dealkylation sites (tertiary alicyclic amines) is 1. The van der Waals surface area contributed by atoms with Crippen LogP contribution in [0.3, 0.4) is 0 Å². The quantitative estimate of drug-likeness (QED) is 0.731. The molecule has 7 nitrogen and oxygen atoms in total. The van der Waals surface area contributed by atoms with Crippen molar-refractivity contribution in [2.24, 2.45) is 0 Å². The zero-order valence-corrected chi connectivity index (χ0v) is 17.9. The highest BCUT2D eigenvalue weighted by molar-refractivity contribution is 5.95. The van der Waals surface area contributed by atoms with E-state index in [1.807, 2.05) is 0 Å². The van der Waals surface area contributed by atoms with E-state index < -0.39 is 0 Å². The van der Waals surface area contributed by atoms with Crippen molar-refractivity contribution in [1.29, 1.82) is 0 Å². The number of nitrogens with one attached hydrogen (secondary N) is 1. The zero-order chi connectivity index (χ0) is 22.4. The van der Waals surface area contributed by atoms with Gasteiger partial charge in [-0.05, 0) is 42.7 Å². The summed E-state index contributed by atoms with van der Waals surface area (Å²) in [6, 6.07) is 9.17. The van der Waals surface area contributed by atoms with Crippen molar-refractivity contribution >= 4 is 11.8 Å². The standard InChI is InChI=1S/C23H27FN2O5/c1-29-19-13-16(14-20(30-2)22(19)31-3)23(28)26-10-8-18(9-11-26)25-21(27)12-15-4-6-17(24)7-5-15/h4-7,13-14,18H,8-12H2,1-3H3,(H,25,27). The third kappa shape index (κ3) is 5.45. The molecule has 1 saturated heterocycles. The molecule has 1 N–H and O–H groups in total. The highest BCUT2D eigenvalue weighted by Gasteiger charge is 2.26. The van der Waals surface area contributed by atoms with E-state index in [-0.39, 0.29) is 30.1 Å². The molecule has 0 bridgehead atoms. The van der Waals surface area contributed by atoms with Crippen LogP contribution in [0.5, 0.6) is 17.2 Å². The van der Waals surface area contributed by atoms with Crippen LogP contribution in [0.1, 0.15) is 28.8 Å². The third-order valence-electron chi connectivity index (χ3n) is 5.34. The number of hydrogen-bond acceptors (Lipinski definition) is 5. The van der Waals surface area contributed by atoms with E-state index in [9.17, 15) is 14.0 Å². The number of benzene rings is 2. The molecule has 31 heavy (non-hydrogen) atoms. The third-order valence-corrected chi connectivity index (χ3v) is 5.34. The van der Waals surface area contributed by atoms with E-state index in [0.717, 1.165) is 5.56 Å². The molecule has 0 aliphatic carbocycles. The number of methoxy groups -OCH3 is 3. The number of hydrogen-bond donors (Lipinski definition) is 1. The second-order valence-electron chi connectivity index (χ2n) is 7.35. The van der Waals surface area contributed by atoms with Gasteiger partial charge in [-0.25, -0.2) is 4.39 Å². The molecule has 0 saturated carbocycles. The Hall–Kier alpha value is -3.29. The summed E-state index contributed by atoms with van der Waals surface area (Å²) in [7, 11) is 4.52. The zero-order valence-electron chi connectivity index (χ0n) is 17.9. The first-order chi connectivity index (χ1) is 14.9. The van der Waals surface area contributed by atoms with Gasteiger partial charge in [0.15, 0.2) is 11.5 Å². The molecular weight excluding hydrogens is 403 g/mol. The molecule has 8 heteroatoms. The second-order valence-corrected chi connectivity index (χ2v) is 7.35. The number of carbonyl (C=O) groups excluding carboxylic acids is 2. The summed E-state index contributed by atoms with van der Waals surface area (Å²) < 4.78 is 29.0. The van der Waals surface area contributed by atoms with Crippen LogP contribution in [0, 0.1) is 5.82 Å². The molecule has 1 aliphatic rings. The van der Waals surface area contributed by atoms with Crippen LogP contribution in [-0.2, 0) is 11.2 Å². The minimum Gasteiger partial charge on any atom is -0.493 e. The second kappa shape index (κ2) is 10.1. The molecule has 2 amide bonds. The summed E-state index contributed by atoms with van der Waals surface area (Å²) in [5.41, 5.74) is 1.21. The summed E-state index contributed by atoms with van der Waals surface area (Å²) in [4.78, 5) is 27.0. The highest BCUT2D eigenvalue weighted by Crippen LogP contribution is 2.38. The topological polar surface area (TPSA) is 77.1 Å². The van der Waals surface area contributed by atoms with Crippen molar-refractivity contribution in [3.63, 3.8) is 0 Å². The SMILES string of the molecule is COc1cc(C(=O)N2CCC(NC(=O)Cc3ccc(F)cc3)CC2)cc(OC)c1OC. The molecule has 3 rings (SSSR count). The fraction of sp³-hybridized carbons (Fsp3) is 0.391. The average molecular weight is 430 g/mol. The molecule has 0 atom stereocenters. The van der Waals surface area contributed by atoms with Gasteiger partial charge in [0.1, 0.15) is 5.82 Å². The number of carbonyl (C=O) groups is 2. The van der Waals surface area contributed by atoms with Gasteiger partial charge in [-0.15, -0.1) is 0 Å². The molecule has 2 aromatic carbocycles. The Kier molecular flexibility index (Phi) is 7.33. The van der Waals surface area contributed by atoms with E-state index in [0.29, 0.717) is 48.7 Å². The lowest BCUT2D eigenvalue weighted by Crippen LogP contribution is -2.46. The summed E-state index contributed by atoms with van der Waals surface area (Å²) in [5.74, 6) is 0.718. The van der Waals surface area contributed by atoms with E-state index in [1.54, 1.807) is 29.2 Å².